The smallest absolute Gasteiger partial charge is 0.250 e. The Bertz CT molecular complexity index is 424. The maximum Gasteiger partial charge on any atom is 0.250 e. The lowest BCUT2D eigenvalue weighted by molar-refractivity contribution is -0.121. The number of rotatable bonds is 7. The fraction of sp³-hybridized carbons (Fsp3) is 0.462. The summed E-state index contributed by atoms with van der Waals surface area (Å²) in [6, 6.07) is 4.89. The molecule has 0 saturated heterocycles. The second-order valence-corrected chi connectivity index (χ2v) is 4.69. The van der Waals surface area contributed by atoms with Crippen LogP contribution in [-0.4, -0.2) is 31.8 Å². The number of nitrogens with two attached hydrogens (primary N) is 1. The standard InChI is InChI=1S/C13H19ClN2O3/c1-9(2)19-6-5-18-8-13(17)16-12-7-10(14)3-4-11(12)15/h3-4,7,9H,5-6,8,15H2,1-2H3,(H,16,17). The van der Waals surface area contributed by atoms with Gasteiger partial charge in [0.1, 0.15) is 6.61 Å². The highest BCUT2D eigenvalue weighted by Gasteiger charge is 2.06. The summed E-state index contributed by atoms with van der Waals surface area (Å²) in [5.74, 6) is -0.279. The van der Waals surface area contributed by atoms with E-state index in [0.717, 1.165) is 0 Å². The molecular formula is C13H19ClN2O3. The van der Waals surface area contributed by atoms with E-state index in [4.69, 9.17) is 26.8 Å². The van der Waals surface area contributed by atoms with Crippen LogP contribution >= 0.6 is 11.6 Å². The first-order valence-corrected chi connectivity index (χ1v) is 6.41. The number of amides is 1. The molecule has 3 N–H and O–H groups in total. The van der Waals surface area contributed by atoms with Crippen LogP contribution in [0.25, 0.3) is 0 Å². The molecular weight excluding hydrogens is 268 g/mol. The summed E-state index contributed by atoms with van der Waals surface area (Å²) in [7, 11) is 0. The van der Waals surface area contributed by atoms with Crippen LogP contribution in [-0.2, 0) is 14.3 Å². The number of carbonyl (C=O) groups excluding carboxylic acids is 1. The van der Waals surface area contributed by atoms with E-state index < -0.39 is 0 Å². The SMILES string of the molecule is CC(C)OCCOCC(=O)Nc1cc(Cl)ccc1N. The van der Waals surface area contributed by atoms with Crippen molar-refractivity contribution in [3.63, 3.8) is 0 Å². The maximum absolute atomic E-state index is 11.6. The highest BCUT2D eigenvalue weighted by molar-refractivity contribution is 6.31. The first-order valence-electron chi connectivity index (χ1n) is 6.03. The molecule has 1 rings (SSSR count). The molecule has 0 radical (unpaired) electrons. The van der Waals surface area contributed by atoms with E-state index in [-0.39, 0.29) is 18.6 Å². The van der Waals surface area contributed by atoms with Crippen molar-refractivity contribution < 1.29 is 14.3 Å². The monoisotopic (exact) mass is 286 g/mol. The number of hydrogen-bond acceptors (Lipinski definition) is 4. The first kappa shape index (κ1) is 15.8. The number of nitrogens with one attached hydrogen (secondary N) is 1. The fourth-order valence-electron chi connectivity index (χ4n) is 1.33. The summed E-state index contributed by atoms with van der Waals surface area (Å²) in [6.07, 6.45) is 0.156. The molecule has 1 aromatic rings. The molecule has 0 unspecified atom stereocenters. The fourth-order valence-corrected chi connectivity index (χ4v) is 1.50. The van der Waals surface area contributed by atoms with E-state index in [0.29, 0.717) is 29.6 Å². The van der Waals surface area contributed by atoms with Gasteiger partial charge in [0, 0.05) is 5.02 Å². The molecule has 0 heterocycles. The quantitative estimate of drug-likeness (QED) is 0.596. The van der Waals surface area contributed by atoms with E-state index in [2.05, 4.69) is 5.32 Å². The topological polar surface area (TPSA) is 73.6 Å². The van der Waals surface area contributed by atoms with E-state index in [9.17, 15) is 4.79 Å². The van der Waals surface area contributed by atoms with Gasteiger partial charge in [-0.1, -0.05) is 11.6 Å². The molecule has 0 aliphatic rings. The average molecular weight is 287 g/mol. The highest BCUT2D eigenvalue weighted by atomic mass is 35.5. The van der Waals surface area contributed by atoms with Crippen molar-refractivity contribution in [1.29, 1.82) is 0 Å². The summed E-state index contributed by atoms with van der Waals surface area (Å²) in [4.78, 5) is 11.6. The predicted molar refractivity (Wildman–Crippen MR) is 76.4 cm³/mol. The number of anilines is 2. The number of hydrogen-bond donors (Lipinski definition) is 2. The van der Waals surface area contributed by atoms with Gasteiger partial charge in [0.05, 0.1) is 30.7 Å². The van der Waals surface area contributed by atoms with Crippen molar-refractivity contribution in [1.82, 2.24) is 0 Å². The lowest BCUT2D eigenvalue weighted by Gasteiger charge is -2.10. The molecule has 1 aromatic carbocycles. The molecule has 6 heteroatoms. The van der Waals surface area contributed by atoms with Crippen LogP contribution in [0.15, 0.2) is 18.2 Å². The zero-order chi connectivity index (χ0) is 14.3. The van der Waals surface area contributed by atoms with Gasteiger partial charge >= 0.3 is 0 Å². The van der Waals surface area contributed by atoms with Gasteiger partial charge in [-0.15, -0.1) is 0 Å². The van der Waals surface area contributed by atoms with Crippen molar-refractivity contribution in [3.05, 3.63) is 23.2 Å². The van der Waals surface area contributed by atoms with Gasteiger partial charge < -0.3 is 20.5 Å². The molecule has 106 valence electrons. The molecule has 0 spiro atoms. The Labute approximate surface area is 118 Å². The normalized spacial score (nSPS) is 10.7. The molecule has 19 heavy (non-hydrogen) atoms. The van der Waals surface area contributed by atoms with Crippen molar-refractivity contribution in [2.75, 3.05) is 30.9 Å². The number of carbonyl (C=O) groups is 1. The molecule has 0 saturated carbocycles. The summed E-state index contributed by atoms with van der Waals surface area (Å²) in [6.45, 7) is 4.66. The second-order valence-electron chi connectivity index (χ2n) is 4.25. The van der Waals surface area contributed by atoms with Crippen LogP contribution in [0.2, 0.25) is 5.02 Å². The third kappa shape index (κ3) is 6.42. The first-order chi connectivity index (χ1) is 8.99. The van der Waals surface area contributed by atoms with Crippen LogP contribution in [0.4, 0.5) is 11.4 Å². The predicted octanol–water partition coefficient (Wildman–Crippen LogP) is 2.30. The zero-order valence-electron chi connectivity index (χ0n) is 11.1. The van der Waals surface area contributed by atoms with Gasteiger partial charge in [-0.3, -0.25) is 4.79 Å². The van der Waals surface area contributed by atoms with E-state index in [1.54, 1.807) is 18.2 Å². The van der Waals surface area contributed by atoms with Gasteiger partial charge in [0.25, 0.3) is 0 Å². The molecule has 0 aliphatic carbocycles. The van der Waals surface area contributed by atoms with Crippen LogP contribution < -0.4 is 11.1 Å². The minimum Gasteiger partial charge on any atom is -0.397 e. The number of benzene rings is 1. The Morgan fingerprint density at radius 2 is 2.16 bits per heavy atom. The third-order valence-electron chi connectivity index (χ3n) is 2.20. The lowest BCUT2D eigenvalue weighted by Crippen LogP contribution is -2.20. The molecule has 0 aromatic heterocycles. The van der Waals surface area contributed by atoms with Crippen LogP contribution in [0.5, 0.6) is 0 Å². The Morgan fingerprint density at radius 3 is 2.84 bits per heavy atom. The third-order valence-corrected chi connectivity index (χ3v) is 2.44. The average Bonchev–Trinajstić information content (AvgIpc) is 2.33. The lowest BCUT2D eigenvalue weighted by atomic mass is 10.2. The van der Waals surface area contributed by atoms with Gasteiger partial charge in [-0.05, 0) is 32.0 Å². The Morgan fingerprint density at radius 1 is 1.42 bits per heavy atom. The number of halogens is 1. The summed E-state index contributed by atoms with van der Waals surface area (Å²) in [5.41, 5.74) is 6.66. The molecule has 0 bridgehead atoms. The Balaban J connectivity index is 2.29. The number of nitrogen functional groups attached to an aromatic ring is 1. The van der Waals surface area contributed by atoms with Crippen molar-refractivity contribution in [3.8, 4) is 0 Å². The summed E-state index contributed by atoms with van der Waals surface area (Å²) >= 11 is 5.82. The molecule has 5 nitrogen and oxygen atoms in total. The summed E-state index contributed by atoms with van der Waals surface area (Å²) in [5, 5.41) is 3.15. The molecule has 0 atom stereocenters. The molecule has 0 aliphatic heterocycles. The minimum atomic E-state index is -0.279. The van der Waals surface area contributed by atoms with Crippen molar-refractivity contribution in [2.24, 2.45) is 0 Å². The van der Waals surface area contributed by atoms with Crippen LogP contribution in [0.3, 0.4) is 0 Å². The van der Waals surface area contributed by atoms with E-state index >= 15 is 0 Å². The Hall–Kier alpha value is -1.30. The van der Waals surface area contributed by atoms with Gasteiger partial charge in [-0.2, -0.15) is 0 Å². The van der Waals surface area contributed by atoms with E-state index in [1.807, 2.05) is 13.8 Å². The minimum absolute atomic E-state index is 0.0482. The largest absolute Gasteiger partial charge is 0.397 e. The maximum atomic E-state index is 11.6. The van der Waals surface area contributed by atoms with Crippen LogP contribution in [0, 0.1) is 0 Å². The summed E-state index contributed by atoms with van der Waals surface area (Å²) < 4.78 is 10.5. The van der Waals surface area contributed by atoms with Crippen molar-refractivity contribution in [2.45, 2.75) is 20.0 Å². The Kier molecular flexibility index (Phi) is 6.62. The van der Waals surface area contributed by atoms with Crippen LogP contribution in [0.1, 0.15) is 13.8 Å². The van der Waals surface area contributed by atoms with Crippen molar-refractivity contribution >= 4 is 28.9 Å². The van der Waals surface area contributed by atoms with Gasteiger partial charge in [-0.25, -0.2) is 0 Å². The second kappa shape index (κ2) is 7.99. The zero-order valence-corrected chi connectivity index (χ0v) is 11.9. The number of ether oxygens (including phenoxy) is 2. The van der Waals surface area contributed by atoms with E-state index in [1.165, 1.54) is 0 Å². The highest BCUT2D eigenvalue weighted by Crippen LogP contribution is 2.22. The molecule has 1 amide bonds. The van der Waals surface area contributed by atoms with Gasteiger partial charge in [0.2, 0.25) is 5.91 Å². The molecule has 0 fully saturated rings. The van der Waals surface area contributed by atoms with Gasteiger partial charge in [0.15, 0.2) is 0 Å².